The fourth-order valence-electron chi connectivity index (χ4n) is 5.39. The monoisotopic (exact) mass is 426 g/mol. The number of fused-ring (bicyclic) bond motifs is 1. The smallest absolute Gasteiger partial charge is 0.356 e. The van der Waals surface area contributed by atoms with Crippen LogP contribution in [0.3, 0.4) is 0 Å². The van der Waals surface area contributed by atoms with Gasteiger partial charge in [-0.1, -0.05) is 48.5 Å². The summed E-state index contributed by atoms with van der Waals surface area (Å²) in [4.78, 5) is 36.7. The Morgan fingerprint density at radius 3 is 2.41 bits per heavy atom. The number of ether oxygens (including phenoxy) is 1. The van der Waals surface area contributed by atoms with E-state index in [1.807, 2.05) is 55.5 Å². The van der Waals surface area contributed by atoms with Crippen molar-refractivity contribution in [2.45, 2.75) is 31.7 Å². The Hall–Kier alpha value is -3.92. The van der Waals surface area contributed by atoms with Crippen molar-refractivity contribution in [1.29, 1.82) is 0 Å². The van der Waals surface area contributed by atoms with E-state index in [4.69, 9.17) is 11.3 Å². The van der Waals surface area contributed by atoms with E-state index in [9.17, 15) is 9.59 Å². The number of rotatable bonds is 4. The molecule has 6 rings (SSSR count). The molecule has 160 valence electrons. The number of H-pyrrole nitrogens is 1. The first kappa shape index (κ1) is 20.0. The third kappa shape index (κ3) is 2.62. The summed E-state index contributed by atoms with van der Waals surface area (Å²) in [5.41, 5.74) is 2.34. The molecule has 3 aliphatic rings. The Morgan fingerprint density at radius 1 is 1.19 bits per heavy atom. The third-order valence-electron chi connectivity index (χ3n) is 6.71. The maximum absolute atomic E-state index is 13.7. The first-order valence-corrected chi connectivity index (χ1v) is 10.6. The van der Waals surface area contributed by atoms with Gasteiger partial charge in [0.05, 0.1) is 18.2 Å². The van der Waals surface area contributed by atoms with E-state index in [0.717, 1.165) is 22.3 Å². The minimum atomic E-state index is -0.923. The summed E-state index contributed by atoms with van der Waals surface area (Å²) in [6.45, 7) is 12.1. The molecule has 1 atom stereocenters. The van der Waals surface area contributed by atoms with Gasteiger partial charge in [-0.25, -0.2) is 16.4 Å². The van der Waals surface area contributed by atoms with Gasteiger partial charge in [-0.05, 0) is 25.0 Å². The molecule has 3 aliphatic carbocycles. The van der Waals surface area contributed by atoms with Crippen molar-refractivity contribution < 1.29 is 14.3 Å². The molecule has 2 aromatic carbocycles. The van der Waals surface area contributed by atoms with Crippen LogP contribution in [-0.2, 0) is 15.1 Å². The van der Waals surface area contributed by atoms with E-state index in [1.165, 1.54) is 6.20 Å². The second-order valence-electron chi connectivity index (χ2n) is 8.49. The predicted molar refractivity (Wildman–Crippen MR) is 118 cm³/mol. The number of anilines is 1. The molecule has 1 heterocycles. The van der Waals surface area contributed by atoms with Crippen molar-refractivity contribution in [2.24, 2.45) is 5.41 Å². The number of hydrogen-bond acceptors (Lipinski definition) is 4. The molecule has 2 bridgehead atoms. The normalized spacial score (nSPS) is 24.7. The first-order valence-electron chi connectivity index (χ1n) is 10.6. The van der Waals surface area contributed by atoms with Crippen LogP contribution >= 0.6 is 0 Å². The summed E-state index contributed by atoms with van der Waals surface area (Å²) in [5.74, 6) is -0.792. The zero-order chi connectivity index (χ0) is 22.5. The van der Waals surface area contributed by atoms with Crippen LogP contribution in [-0.4, -0.2) is 28.5 Å². The van der Waals surface area contributed by atoms with Crippen LogP contribution in [0.2, 0.25) is 0 Å². The lowest BCUT2D eigenvalue weighted by molar-refractivity contribution is -0.127. The molecule has 0 aliphatic heterocycles. The van der Waals surface area contributed by atoms with Gasteiger partial charge in [-0.3, -0.25) is 15.0 Å². The summed E-state index contributed by atoms with van der Waals surface area (Å²) < 4.78 is 4.97. The van der Waals surface area contributed by atoms with Crippen LogP contribution in [0, 0.1) is 12.0 Å². The fraction of sp³-hybridized carbons (Fsp3) is 0.280. The molecule has 3 aromatic rings. The number of carbonyl (C=O) groups is 2. The number of hydrogen-bond donors (Lipinski definition) is 2. The van der Waals surface area contributed by atoms with E-state index < -0.39 is 16.9 Å². The van der Waals surface area contributed by atoms with Gasteiger partial charge in [-0.2, -0.15) is 0 Å². The molecule has 32 heavy (non-hydrogen) atoms. The highest BCUT2D eigenvalue weighted by Gasteiger charge is 2.64. The van der Waals surface area contributed by atoms with Crippen LogP contribution in [0.25, 0.3) is 4.85 Å². The van der Waals surface area contributed by atoms with Gasteiger partial charge in [0, 0.05) is 23.5 Å². The standard InChI is InChI=1S/C25H22N4O3/c1-4-32-21(30)19-13-27-23(28-19)29-22(31)24(2)14-25(26-3)17-11-7-5-9-15(17)20(24)16-10-6-8-12-18(16)25/h5-13,20H,4,14H2,1-2H3,(H2,27,28,29,31). The number of benzene rings is 2. The van der Waals surface area contributed by atoms with Gasteiger partial charge in [0.2, 0.25) is 11.9 Å². The third-order valence-corrected chi connectivity index (χ3v) is 6.71. The SMILES string of the molecule is [C-]#[N+]C12CC(C)(C(=O)Nc3ncc(C(=O)OCC)[nH]3)C(c3ccccc31)c1ccccc12. The molecule has 1 unspecified atom stereocenters. The highest BCUT2D eigenvalue weighted by molar-refractivity contribution is 5.97. The minimum absolute atomic E-state index is 0.172. The average Bonchev–Trinajstić information content (AvgIpc) is 3.28. The molecule has 2 N–H and O–H groups in total. The molecule has 7 nitrogen and oxygen atoms in total. The first-order chi connectivity index (χ1) is 15.4. The van der Waals surface area contributed by atoms with Crippen LogP contribution in [0.4, 0.5) is 5.95 Å². The van der Waals surface area contributed by atoms with Crippen LogP contribution in [0.1, 0.15) is 58.9 Å². The lowest BCUT2D eigenvalue weighted by atomic mass is 9.49. The summed E-state index contributed by atoms with van der Waals surface area (Å²) in [5, 5.41) is 2.84. The van der Waals surface area contributed by atoms with E-state index >= 15 is 0 Å². The fourth-order valence-corrected chi connectivity index (χ4v) is 5.39. The van der Waals surface area contributed by atoms with Gasteiger partial charge in [0.25, 0.3) is 5.54 Å². The van der Waals surface area contributed by atoms with Gasteiger partial charge in [-0.15, -0.1) is 0 Å². The van der Waals surface area contributed by atoms with E-state index in [-0.39, 0.29) is 30.1 Å². The summed E-state index contributed by atoms with van der Waals surface area (Å²) >= 11 is 0. The molecule has 0 radical (unpaired) electrons. The quantitative estimate of drug-likeness (QED) is 0.482. The lowest BCUT2D eigenvalue weighted by Crippen LogP contribution is -2.53. The molecule has 1 aromatic heterocycles. The summed E-state index contributed by atoms with van der Waals surface area (Å²) in [6.07, 6.45) is 1.70. The molecule has 0 spiro atoms. The average molecular weight is 426 g/mol. The van der Waals surface area contributed by atoms with Crippen molar-refractivity contribution >= 4 is 17.8 Å². The molecular weight excluding hydrogens is 404 g/mol. The van der Waals surface area contributed by atoms with Gasteiger partial charge in [0.15, 0.2) is 0 Å². The zero-order valence-corrected chi connectivity index (χ0v) is 17.8. The van der Waals surface area contributed by atoms with Crippen molar-refractivity contribution in [3.63, 3.8) is 0 Å². The topological polar surface area (TPSA) is 88.4 Å². The van der Waals surface area contributed by atoms with Gasteiger partial charge >= 0.3 is 5.97 Å². The maximum atomic E-state index is 13.7. The Labute approximate surface area is 185 Å². The van der Waals surface area contributed by atoms with Crippen molar-refractivity contribution in [1.82, 2.24) is 9.97 Å². The van der Waals surface area contributed by atoms with Crippen LogP contribution < -0.4 is 5.32 Å². The largest absolute Gasteiger partial charge is 0.461 e. The highest BCUT2D eigenvalue weighted by atomic mass is 16.5. The molecular formula is C25H22N4O3. The second kappa shape index (κ2) is 7.06. The molecule has 7 heteroatoms. The zero-order valence-electron chi connectivity index (χ0n) is 17.8. The van der Waals surface area contributed by atoms with Gasteiger partial charge < -0.3 is 9.72 Å². The minimum Gasteiger partial charge on any atom is -0.461 e. The lowest BCUT2D eigenvalue weighted by Gasteiger charge is -2.51. The Kier molecular flexibility index (Phi) is 4.41. The number of nitrogens with zero attached hydrogens (tertiary/aromatic N) is 2. The van der Waals surface area contributed by atoms with E-state index in [1.54, 1.807) is 6.92 Å². The van der Waals surface area contributed by atoms with Gasteiger partial charge in [0.1, 0.15) is 5.69 Å². The van der Waals surface area contributed by atoms with Crippen molar-refractivity contribution in [3.8, 4) is 0 Å². The molecule has 0 saturated heterocycles. The number of carbonyl (C=O) groups excluding carboxylic acids is 2. The summed E-state index contributed by atoms with van der Waals surface area (Å²) in [7, 11) is 0. The number of aromatic amines is 1. The molecule has 0 fully saturated rings. The predicted octanol–water partition coefficient (Wildman–Crippen LogP) is 4.24. The number of aromatic nitrogens is 2. The van der Waals surface area contributed by atoms with Crippen molar-refractivity contribution in [3.05, 3.63) is 94.1 Å². The second-order valence-corrected chi connectivity index (χ2v) is 8.49. The maximum Gasteiger partial charge on any atom is 0.356 e. The number of esters is 1. The molecule has 0 saturated carbocycles. The van der Waals surface area contributed by atoms with Crippen LogP contribution in [0.15, 0.2) is 54.7 Å². The number of amides is 1. The Morgan fingerprint density at radius 2 is 1.81 bits per heavy atom. The highest BCUT2D eigenvalue weighted by Crippen LogP contribution is 2.64. The number of nitrogens with one attached hydrogen (secondary N) is 2. The number of imidazole rings is 1. The summed E-state index contributed by atoms with van der Waals surface area (Å²) in [6, 6.07) is 15.9. The van der Waals surface area contributed by atoms with E-state index in [2.05, 4.69) is 20.1 Å². The van der Waals surface area contributed by atoms with Crippen LogP contribution in [0.5, 0.6) is 0 Å². The Bertz CT molecular complexity index is 1240. The van der Waals surface area contributed by atoms with Crippen molar-refractivity contribution in [2.75, 3.05) is 11.9 Å². The Balaban J connectivity index is 1.57. The van der Waals surface area contributed by atoms with E-state index in [0.29, 0.717) is 6.42 Å². The molecule has 1 amide bonds.